The molecule has 1 atom stereocenters. The molecule has 112 valence electrons. The summed E-state index contributed by atoms with van der Waals surface area (Å²) in [6.07, 6.45) is 0. The third-order valence-electron chi connectivity index (χ3n) is 3.52. The second kappa shape index (κ2) is 7.15. The molecular weight excluding hydrogens is 274 g/mol. The number of thioether (sulfide) groups is 1. The van der Waals surface area contributed by atoms with Crippen LogP contribution < -0.4 is 5.73 Å². The molecule has 2 aromatic rings. The molecule has 0 amide bonds. The Kier molecular flexibility index (Phi) is 5.49. The molecule has 2 rings (SSSR count). The Morgan fingerprint density at radius 2 is 1.29 bits per heavy atom. The highest BCUT2D eigenvalue weighted by atomic mass is 32.2. The second-order valence-corrected chi connectivity index (χ2v) is 7.07. The maximum absolute atomic E-state index is 6.34. The standard InChI is InChI=1S/C19H25NS/c1-13-5-14(2)8-17(7-13)11-21-12-19(20)18-9-15(3)6-16(4)10-18/h5-10,19H,11-12,20H2,1-4H3. The summed E-state index contributed by atoms with van der Waals surface area (Å²) in [6.45, 7) is 8.57. The van der Waals surface area contributed by atoms with E-state index in [2.05, 4.69) is 64.1 Å². The molecule has 1 unspecified atom stereocenters. The lowest BCUT2D eigenvalue weighted by molar-refractivity contribution is 0.828. The highest BCUT2D eigenvalue weighted by molar-refractivity contribution is 7.98. The van der Waals surface area contributed by atoms with Crippen LogP contribution in [-0.4, -0.2) is 5.75 Å². The van der Waals surface area contributed by atoms with Crippen molar-refractivity contribution in [3.63, 3.8) is 0 Å². The van der Waals surface area contributed by atoms with Crippen LogP contribution in [0, 0.1) is 27.7 Å². The molecule has 0 spiro atoms. The molecule has 0 aliphatic carbocycles. The summed E-state index contributed by atoms with van der Waals surface area (Å²) in [6, 6.07) is 13.5. The Balaban J connectivity index is 1.93. The lowest BCUT2D eigenvalue weighted by Crippen LogP contribution is -2.13. The molecule has 21 heavy (non-hydrogen) atoms. The van der Waals surface area contributed by atoms with Gasteiger partial charge in [0.25, 0.3) is 0 Å². The molecule has 2 heteroatoms. The Morgan fingerprint density at radius 1 is 0.810 bits per heavy atom. The highest BCUT2D eigenvalue weighted by Crippen LogP contribution is 2.22. The SMILES string of the molecule is Cc1cc(C)cc(CSCC(N)c2cc(C)cc(C)c2)c1. The fourth-order valence-corrected chi connectivity index (χ4v) is 3.74. The molecule has 0 saturated carbocycles. The van der Waals surface area contributed by atoms with E-state index in [4.69, 9.17) is 5.73 Å². The number of benzene rings is 2. The van der Waals surface area contributed by atoms with E-state index in [0.717, 1.165) is 11.5 Å². The lowest BCUT2D eigenvalue weighted by Gasteiger charge is -2.14. The molecule has 2 aromatic carbocycles. The van der Waals surface area contributed by atoms with Gasteiger partial charge in [-0.25, -0.2) is 0 Å². The van der Waals surface area contributed by atoms with E-state index in [1.807, 2.05) is 11.8 Å². The molecule has 1 nitrogen and oxygen atoms in total. The van der Waals surface area contributed by atoms with Crippen molar-refractivity contribution in [2.45, 2.75) is 39.5 Å². The van der Waals surface area contributed by atoms with Crippen LogP contribution in [0.1, 0.15) is 39.4 Å². The summed E-state index contributed by atoms with van der Waals surface area (Å²) in [7, 11) is 0. The van der Waals surface area contributed by atoms with Crippen LogP contribution in [0.4, 0.5) is 0 Å². The molecule has 2 N–H and O–H groups in total. The van der Waals surface area contributed by atoms with Crippen molar-refractivity contribution in [1.29, 1.82) is 0 Å². The normalized spacial score (nSPS) is 12.4. The zero-order chi connectivity index (χ0) is 15.4. The van der Waals surface area contributed by atoms with Crippen LogP contribution in [-0.2, 0) is 5.75 Å². The monoisotopic (exact) mass is 299 g/mol. The van der Waals surface area contributed by atoms with E-state index in [9.17, 15) is 0 Å². The van der Waals surface area contributed by atoms with Gasteiger partial charge in [-0.15, -0.1) is 0 Å². The first kappa shape index (κ1) is 16.1. The minimum absolute atomic E-state index is 0.111. The van der Waals surface area contributed by atoms with Crippen molar-refractivity contribution < 1.29 is 0 Å². The Labute approximate surface area is 133 Å². The number of rotatable bonds is 5. The number of nitrogens with two attached hydrogens (primary N) is 1. The minimum Gasteiger partial charge on any atom is -0.323 e. The van der Waals surface area contributed by atoms with Gasteiger partial charge in [-0.05, 0) is 38.8 Å². The van der Waals surface area contributed by atoms with Crippen molar-refractivity contribution in [1.82, 2.24) is 0 Å². The van der Waals surface area contributed by atoms with E-state index < -0.39 is 0 Å². The van der Waals surface area contributed by atoms with Crippen molar-refractivity contribution >= 4 is 11.8 Å². The first-order valence-electron chi connectivity index (χ1n) is 7.43. The largest absolute Gasteiger partial charge is 0.323 e. The van der Waals surface area contributed by atoms with E-state index >= 15 is 0 Å². The van der Waals surface area contributed by atoms with Crippen LogP contribution >= 0.6 is 11.8 Å². The summed E-state index contributed by atoms with van der Waals surface area (Å²) < 4.78 is 0. The Morgan fingerprint density at radius 3 is 1.81 bits per heavy atom. The summed E-state index contributed by atoms with van der Waals surface area (Å²) in [4.78, 5) is 0. The number of hydrogen-bond donors (Lipinski definition) is 1. The van der Waals surface area contributed by atoms with Gasteiger partial charge in [0.2, 0.25) is 0 Å². The first-order chi connectivity index (χ1) is 9.94. The van der Waals surface area contributed by atoms with Gasteiger partial charge in [0.1, 0.15) is 0 Å². The number of aryl methyl sites for hydroxylation is 4. The van der Waals surface area contributed by atoms with E-state index in [1.165, 1.54) is 33.4 Å². The molecule has 0 fully saturated rings. The Bertz CT molecular complexity index is 578. The van der Waals surface area contributed by atoms with Gasteiger partial charge in [0.15, 0.2) is 0 Å². The lowest BCUT2D eigenvalue weighted by atomic mass is 10.0. The third-order valence-corrected chi connectivity index (χ3v) is 4.65. The molecule has 0 aliphatic rings. The number of hydrogen-bond acceptors (Lipinski definition) is 2. The maximum atomic E-state index is 6.34. The predicted octanol–water partition coefficient (Wildman–Crippen LogP) is 4.85. The molecule has 0 bridgehead atoms. The zero-order valence-electron chi connectivity index (χ0n) is 13.4. The van der Waals surface area contributed by atoms with Gasteiger partial charge in [0.05, 0.1) is 0 Å². The average molecular weight is 299 g/mol. The van der Waals surface area contributed by atoms with Crippen LogP contribution in [0.25, 0.3) is 0 Å². The summed E-state index contributed by atoms with van der Waals surface area (Å²) in [5, 5.41) is 0. The summed E-state index contributed by atoms with van der Waals surface area (Å²) >= 11 is 1.91. The van der Waals surface area contributed by atoms with E-state index in [0.29, 0.717) is 0 Å². The summed E-state index contributed by atoms with van der Waals surface area (Å²) in [5.41, 5.74) is 14.2. The maximum Gasteiger partial charge on any atom is 0.0387 e. The highest BCUT2D eigenvalue weighted by Gasteiger charge is 2.07. The average Bonchev–Trinajstić information content (AvgIpc) is 2.36. The van der Waals surface area contributed by atoms with Crippen LogP contribution in [0.3, 0.4) is 0 Å². The fraction of sp³-hybridized carbons (Fsp3) is 0.368. The van der Waals surface area contributed by atoms with Crippen molar-refractivity contribution in [3.8, 4) is 0 Å². The minimum atomic E-state index is 0.111. The topological polar surface area (TPSA) is 26.0 Å². The van der Waals surface area contributed by atoms with Gasteiger partial charge in [-0.1, -0.05) is 58.7 Å². The smallest absolute Gasteiger partial charge is 0.0387 e. The Hall–Kier alpha value is -1.25. The fourth-order valence-electron chi connectivity index (χ4n) is 2.78. The quantitative estimate of drug-likeness (QED) is 0.853. The van der Waals surface area contributed by atoms with Gasteiger partial charge in [0, 0.05) is 17.5 Å². The zero-order valence-corrected chi connectivity index (χ0v) is 14.3. The van der Waals surface area contributed by atoms with Crippen molar-refractivity contribution in [2.24, 2.45) is 5.73 Å². The predicted molar refractivity (Wildman–Crippen MR) is 94.9 cm³/mol. The van der Waals surface area contributed by atoms with Crippen LogP contribution in [0.2, 0.25) is 0 Å². The van der Waals surface area contributed by atoms with Gasteiger partial charge < -0.3 is 5.73 Å². The van der Waals surface area contributed by atoms with Gasteiger partial charge in [-0.2, -0.15) is 11.8 Å². The van der Waals surface area contributed by atoms with Crippen molar-refractivity contribution in [3.05, 3.63) is 69.8 Å². The molecule has 0 aliphatic heterocycles. The van der Waals surface area contributed by atoms with E-state index in [1.54, 1.807) is 0 Å². The van der Waals surface area contributed by atoms with Crippen LogP contribution in [0.15, 0.2) is 36.4 Å². The first-order valence-corrected chi connectivity index (χ1v) is 8.58. The molecule has 0 saturated heterocycles. The molecule has 0 radical (unpaired) electrons. The van der Waals surface area contributed by atoms with Gasteiger partial charge in [-0.3, -0.25) is 0 Å². The van der Waals surface area contributed by atoms with Gasteiger partial charge >= 0.3 is 0 Å². The van der Waals surface area contributed by atoms with Crippen LogP contribution in [0.5, 0.6) is 0 Å². The third kappa shape index (κ3) is 4.90. The summed E-state index contributed by atoms with van der Waals surface area (Å²) in [5.74, 6) is 1.98. The molecule has 0 aromatic heterocycles. The second-order valence-electron chi connectivity index (χ2n) is 6.04. The van der Waals surface area contributed by atoms with E-state index in [-0.39, 0.29) is 6.04 Å². The molecular formula is C19H25NS. The van der Waals surface area contributed by atoms with Crippen molar-refractivity contribution in [2.75, 3.05) is 5.75 Å². The molecule has 0 heterocycles.